The Morgan fingerprint density at radius 3 is 2.33 bits per heavy atom. The van der Waals surface area contributed by atoms with Crippen molar-refractivity contribution in [2.75, 3.05) is 6.61 Å². The molecule has 0 bridgehead atoms. The molecule has 0 aromatic heterocycles. The van der Waals surface area contributed by atoms with Gasteiger partial charge in [-0.1, -0.05) is 39.0 Å². The van der Waals surface area contributed by atoms with E-state index in [4.69, 9.17) is 4.74 Å². The van der Waals surface area contributed by atoms with Crippen LogP contribution in [0.1, 0.15) is 57.9 Å². The number of aliphatic hydroxyl groups excluding tert-OH is 1. The lowest BCUT2D eigenvalue weighted by atomic mass is 10.1. The Morgan fingerprint density at radius 2 is 1.71 bits per heavy atom. The number of hydrogen-bond acceptors (Lipinski definition) is 3. The molecular formula is C18H26O3. The van der Waals surface area contributed by atoms with E-state index in [2.05, 4.69) is 6.92 Å². The van der Waals surface area contributed by atoms with Crippen LogP contribution in [0.25, 0.3) is 5.76 Å². The minimum atomic E-state index is -0.170. The molecule has 0 aliphatic heterocycles. The number of aliphatic hydroxyl groups is 1. The molecule has 0 aliphatic carbocycles. The Hall–Kier alpha value is -1.77. The van der Waals surface area contributed by atoms with Gasteiger partial charge in [0.1, 0.15) is 11.5 Å². The first-order valence-corrected chi connectivity index (χ1v) is 7.78. The average Bonchev–Trinajstić information content (AvgIpc) is 2.46. The maximum Gasteiger partial charge on any atom is 0.156 e. The number of carbonyl (C=O) groups excluding carboxylic acids is 1. The zero-order chi connectivity index (χ0) is 15.5. The standard InChI is InChI=1S/C18H26O3/c1-3-4-5-6-7-8-13-21-17-11-9-16(10-12-17)18(20)14-15(2)19/h9-12,14,20H,3-8,13H2,1-2H3. The lowest BCUT2D eigenvalue weighted by Crippen LogP contribution is -1.97. The molecule has 1 aromatic rings. The molecule has 0 heterocycles. The van der Waals surface area contributed by atoms with Crippen LogP contribution in [0.15, 0.2) is 30.3 Å². The molecule has 1 rings (SSSR count). The van der Waals surface area contributed by atoms with Crippen molar-refractivity contribution < 1.29 is 14.6 Å². The molecule has 3 nitrogen and oxygen atoms in total. The predicted molar refractivity (Wildman–Crippen MR) is 86.6 cm³/mol. The van der Waals surface area contributed by atoms with Crippen molar-refractivity contribution in [3.05, 3.63) is 35.9 Å². The van der Waals surface area contributed by atoms with Crippen LogP contribution in [0.4, 0.5) is 0 Å². The van der Waals surface area contributed by atoms with Gasteiger partial charge >= 0.3 is 0 Å². The van der Waals surface area contributed by atoms with Crippen molar-refractivity contribution in [3.8, 4) is 5.75 Å². The summed E-state index contributed by atoms with van der Waals surface area (Å²) < 4.78 is 5.66. The molecule has 0 radical (unpaired) electrons. The lowest BCUT2D eigenvalue weighted by molar-refractivity contribution is -0.112. The number of unbranched alkanes of at least 4 members (excludes halogenated alkanes) is 5. The molecule has 0 atom stereocenters. The SMILES string of the molecule is CCCCCCCCOc1ccc(C(O)=CC(C)=O)cc1. The molecule has 0 saturated heterocycles. The fourth-order valence-corrected chi connectivity index (χ4v) is 2.07. The zero-order valence-corrected chi connectivity index (χ0v) is 13.1. The van der Waals surface area contributed by atoms with Crippen molar-refractivity contribution in [3.63, 3.8) is 0 Å². The smallest absolute Gasteiger partial charge is 0.156 e. The van der Waals surface area contributed by atoms with Gasteiger partial charge in [0.2, 0.25) is 0 Å². The van der Waals surface area contributed by atoms with Crippen LogP contribution in [0.2, 0.25) is 0 Å². The van der Waals surface area contributed by atoms with E-state index < -0.39 is 0 Å². The normalized spacial score (nSPS) is 11.4. The Kier molecular flexibility index (Phi) is 8.25. The maximum atomic E-state index is 10.9. The molecule has 0 spiro atoms. The van der Waals surface area contributed by atoms with E-state index in [-0.39, 0.29) is 11.5 Å². The van der Waals surface area contributed by atoms with Crippen molar-refractivity contribution in [1.29, 1.82) is 0 Å². The highest BCUT2D eigenvalue weighted by Crippen LogP contribution is 2.17. The molecule has 116 valence electrons. The van der Waals surface area contributed by atoms with Crippen LogP contribution in [0.5, 0.6) is 5.75 Å². The molecular weight excluding hydrogens is 264 g/mol. The fourth-order valence-electron chi connectivity index (χ4n) is 2.07. The number of ether oxygens (including phenoxy) is 1. The summed E-state index contributed by atoms with van der Waals surface area (Å²) in [5.41, 5.74) is 0.622. The summed E-state index contributed by atoms with van der Waals surface area (Å²) >= 11 is 0. The van der Waals surface area contributed by atoms with Gasteiger partial charge in [0.25, 0.3) is 0 Å². The van der Waals surface area contributed by atoms with Crippen LogP contribution in [-0.2, 0) is 4.79 Å². The van der Waals surface area contributed by atoms with Gasteiger partial charge in [0.15, 0.2) is 5.78 Å². The number of hydrogen-bond donors (Lipinski definition) is 1. The maximum absolute atomic E-state index is 10.9. The van der Waals surface area contributed by atoms with E-state index >= 15 is 0 Å². The van der Waals surface area contributed by atoms with E-state index in [1.54, 1.807) is 12.1 Å². The summed E-state index contributed by atoms with van der Waals surface area (Å²) in [6.45, 7) is 4.35. The second kappa shape index (κ2) is 10.0. The third kappa shape index (κ3) is 7.54. The number of allylic oxidation sites excluding steroid dienone is 1. The third-order valence-corrected chi connectivity index (χ3v) is 3.26. The third-order valence-electron chi connectivity index (χ3n) is 3.26. The number of rotatable bonds is 10. The molecule has 0 saturated carbocycles. The van der Waals surface area contributed by atoms with Gasteiger partial charge in [0, 0.05) is 11.6 Å². The summed E-state index contributed by atoms with van der Waals surface area (Å²) in [7, 11) is 0. The average molecular weight is 290 g/mol. The first-order chi connectivity index (χ1) is 10.1. The lowest BCUT2D eigenvalue weighted by Gasteiger charge is -2.07. The van der Waals surface area contributed by atoms with Gasteiger partial charge < -0.3 is 9.84 Å². The highest BCUT2D eigenvalue weighted by Gasteiger charge is 2.01. The Bertz CT molecular complexity index is 446. The van der Waals surface area contributed by atoms with Gasteiger partial charge in [-0.05, 0) is 37.6 Å². The molecule has 1 N–H and O–H groups in total. The second-order valence-electron chi connectivity index (χ2n) is 5.28. The molecule has 0 unspecified atom stereocenters. The van der Waals surface area contributed by atoms with E-state index in [1.165, 1.54) is 45.1 Å². The van der Waals surface area contributed by atoms with Crippen molar-refractivity contribution >= 4 is 11.5 Å². The number of carbonyl (C=O) groups is 1. The molecule has 3 heteroatoms. The predicted octanol–water partition coefficient (Wildman–Crippen LogP) is 4.91. The zero-order valence-electron chi connectivity index (χ0n) is 13.1. The minimum Gasteiger partial charge on any atom is -0.507 e. The van der Waals surface area contributed by atoms with E-state index in [9.17, 15) is 9.90 Å². The van der Waals surface area contributed by atoms with Crippen LogP contribution in [0.3, 0.4) is 0 Å². The highest BCUT2D eigenvalue weighted by atomic mass is 16.5. The molecule has 0 amide bonds. The highest BCUT2D eigenvalue weighted by molar-refractivity contribution is 5.93. The van der Waals surface area contributed by atoms with Crippen LogP contribution in [0, 0.1) is 0 Å². The molecule has 1 aromatic carbocycles. The summed E-state index contributed by atoms with van der Waals surface area (Å²) in [6.07, 6.45) is 8.67. The van der Waals surface area contributed by atoms with Crippen LogP contribution < -0.4 is 4.74 Å². The molecule has 21 heavy (non-hydrogen) atoms. The second-order valence-corrected chi connectivity index (χ2v) is 5.28. The Labute approximate surface area is 127 Å². The van der Waals surface area contributed by atoms with Crippen molar-refractivity contribution in [2.24, 2.45) is 0 Å². The largest absolute Gasteiger partial charge is 0.507 e. The summed E-state index contributed by atoms with van der Waals surface area (Å²) in [5.74, 6) is 0.615. The topological polar surface area (TPSA) is 46.5 Å². The first kappa shape index (κ1) is 17.3. The Morgan fingerprint density at radius 1 is 1.10 bits per heavy atom. The van der Waals surface area contributed by atoms with Crippen molar-refractivity contribution in [2.45, 2.75) is 52.4 Å². The van der Waals surface area contributed by atoms with Crippen LogP contribution in [-0.4, -0.2) is 17.5 Å². The monoisotopic (exact) mass is 290 g/mol. The van der Waals surface area contributed by atoms with Crippen molar-refractivity contribution in [1.82, 2.24) is 0 Å². The quantitative estimate of drug-likeness (QED) is 0.378. The Balaban J connectivity index is 2.30. The minimum absolute atomic E-state index is 0.00928. The molecule has 0 fully saturated rings. The summed E-state index contributed by atoms with van der Waals surface area (Å²) in [6, 6.07) is 7.14. The summed E-state index contributed by atoms with van der Waals surface area (Å²) in [5, 5.41) is 9.70. The van der Waals surface area contributed by atoms with E-state index in [0.717, 1.165) is 18.8 Å². The molecule has 0 aliphatic rings. The van der Waals surface area contributed by atoms with E-state index in [1.807, 2.05) is 12.1 Å². The number of ketones is 1. The van der Waals surface area contributed by atoms with E-state index in [0.29, 0.717) is 5.56 Å². The fraction of sp³-hybridized carbons (Fsp3) is 0.500. The van der Waals surface area contributed by atoms with Gasteiger partial charge in [-0.3, -0.25) is 4.79 Å². The first-order valence-electron chi connectivity index (χ1n) is 7.78. The summed E-state index contributed by atoms with van der Waals surface area (Å²) in [4.78, 5) is 10.9. The van der Waals surface area contributed by atoms with Gasteiger partial charge in [-0.2, -0.15) is 0 Å². The van der Waals surface area contributed by atoms with Gasteiger partial charge in [0.05, 0.1) is 6.61 Å². The van der Waals surface area contributed by atoms with Crippen LogP contribution >= 0.6 is 0 Å². The van der Waals surface area contributed by atoms with Gasteiger partial charge in [-0.15, -0.1) is 0 Å². The number of benzene rings is 1. The van der Waals surface area contributed by atoms with Gasteiger partial charge in [-0.25, -0.2) is 0 Å².